The number of nitrogens with one attached hydrogen (secondary N) is 1. The van der Waals surface area contributed by atoms with E-state index in [1.807, 2.05) is 0 Å². The van der Waals surface area contributed by atoms with Crippen molar-refractivity contribution in [3.63, 3.8) is 0 Å². The number of rotatable bonds is 3. The number of benzene rings is 1. The minimum Gasteiger partial charge on any atom is -0.478 e. The van der Waals surface area contributed by atoms with Crippen LogP contribution in [0.4, 0.5) is 15.8 Å². The summed E-state index contributed by atoms with van der Waals surface area (Å²) < 4.78 is 12.4. The van der Waals surface area contributed by atoms with Crippen LogP contribution in [0.15, 0.2) is 12.1 Å². The van der Waals surface area contributed by atoms with Crippen molar-refractivity contribution >= 4 is 23.3 Å². The molecule has 4 N–H and O–H groups in total. The number of hydrogen-bond donors (Lipinski definition) is 3. The lowest BCUT2D eigenvalue weighted by atomic mass is 10.1. The summed E-state index contributed by atoms with van der Waals surface area (Å²) in [5, 5.41) is 11.2. The zero-order valence-corrected chi connectivity index (χ0v) is 8.58. The number of halogens is 1. The first-order valence-corrected chi connectivity index (χ1v) is 4.45. The summed E-state index contributed by atoms with van der Waals surface area (Å²) in [6.45, 7) is 0.416. The minimum atomic E-state index is -1.27. The summed E-state index contributed by atoms with van der Waals surface area (Å²) in [6.07, 6.45) is 0. The van der Waals surface area contributed by atoms with E-state index >= 15 is 0 Å². The largest absolute Gasteiger partial charge is 0.478 e. The maximum atomic E-state index is 12.4. The van der Waals surface area contributed by atoms with Crippen LogP contribution in [0.25, 0.3) is 0 Å². The van der Waals surface area contributed by atoms with Crippen LogP contribution < -0.4 is 11.1 Å². The second-order valence-corrected chi connectivity index (χ2v) is 3.23. The Bertz CT molecular complexity index is 446. The van der Waals surface area contributed by atoms with Crippen molar-refractivity contribution in [2.45, 2.75) is 13.6 Å². The fourth-order valence-corrected chi connectivity index (χ4v) is 1.29. The van der Waals surface area contributed by atoms with Gasteiger partial charge in [-0.15, -0.1) is 0 Å². The minimum absolute atomic E-state index is 0.00259. The summed E-state index contributed by atoms with van der Waals surface area (Å²) in [7, 11) is 0. The highest BCUT2D eigenvalue weighted by Gasteiger charge is 2.15. The molecular formula is C10H11FN2O3. The molecule has 0 aromatic heterocycles. The van der Waals surface area contributed by atoms with E-state index < -0.39 is 18.6 Å². The van der Waals surface area contributed by atoms with Crippen LogP contribution in [0.3, 0.4) is 0 Å². The molecule has 1 aromatic rings. The average Bonchev–Trinajstić information content (AvgIpc) is 2.19. The van der Waals surface area contributed by atoms with Crippen molar-refractivity contribution in [2.24, 2.45) is 0 Å². The van der Waals surface area contributed by atoms with E-state index in [2.05, 4.69) is 5.32 Å². The number of aromatic carboxylic acids is 1. The topological polar surface area (TPSA) is 92.4 Å². The van der Waals surface area contributed by atoms with Gasteiger partial charge >= 0.3 is 5.97 Å². The Kier molecular flexibility index (Phi) is 3.44. The van der Waals surface area contributed by atoms with Crippen molar-refractivity contribution in [1.82, 2.24) is 0 Å². The van der Waals surface area contributed by atoms with Gasteiger partial charge in [0, 0.05) is 6.92 Å². The standard InChI is InChI=1S/C10H11FN2O3/c1-5(14)13-9-7(10(15)16)2-6(4-11)3-8(9)12/h2-3H,4,12H2,1H3,(H,13,14)(H,15,16). The van der Waals surface area contributed by atoms with Crippen molar-refractivity contribution in [1.29, 1.82) is 0 Å². The van der Waals surface area contributed by atoms with Crippen LogP contribution in [0.5, 0.6) is 0 Å². The van der Waals surface area contributed by atoms with Gasteiger partial charge in [0.05, 0.1) is 16.9 Å². The number of carboxylic acids is 1. The molecule has 0 atom stereocenters. The van der Waals surface area contributed by atoms with Gasteiger partial charge in [0.15, 0.2) is 0 Å². The summed E-state index contributed by atoms with van der Waals surface area (Å²) in [4.78, 5) is 21.8. The number of carboxylic acid groups (broad SMARTS) is 1. The number of nitrogens with two attached hydrogens (primary N) is 1. The molecule has 0 unspecified atom stereocenters. The highest BCUT2D eigenvalue weighted by molar-refractivity contribution is 6.03. The number of amides is 1. The van der Waals surface area contributed by atoms with E-state index in [1.165, 1.54) is 13.0 Å². The van der Waals surface area contributed by atoms with Gasteiger partial charge in [-0.05, 0) is 17.7 Å². The summed E-state index contributed by atoms with van der Waals surface area (Å²) in [6, 6.07) is 2.43. The molecule has 86 valence electrons. The van der Waals surface area contributed by atoms with Crippen LogP contribution in [0.1, 0.15) is 22.8 Å². The van der Waals surface area contributed by atoms with E-state index in [-0.39, 0.29) is 22.5 Å². The highest BCUT2D eigenvalue weighted by atomic mass is 19.1. The van der Waals surface area contributed by atoms with Gasteiger partial charge in [-0.2, -0.15) is 0 Å². The summed E-state index contributed by atoms with van der Waals surface area (Å²) in [5.41, 5.74) is 5.50. The fraction of sp³-hybridized carbons (Fsp3) is 0.200. The Morgan fingerprint density at radius 3 is 2.56 bits per heavy atom. The molecule has 1 rings (SSSR count). The van der Waals surface area contributed by atoms with Gasteiger partial charge in [-0.25, -0.2) is 9.18 Å². The third-order valence-corrected chi connectivity index (χ3v) is 1.91. The lowest BCUT2D eigenvalue weighted by Gasteiger charge is -2.11. The molecule has 0 bridgehead atoms. The van der Waals surface area contributed by atoms with E-state index in [1.54, 1.807) is 0 Å². The Balaban J connectivity index is 3.33. The summed E-state index contributed by atoms with van der Waals surface area (Å²) >= 11 is 0. The van der Waals surface area contributed by atoms with E-state index in [0.717, 1.165) is 6.07 Å². The first-order chi connectivity index (χ1) is 7.45. The van der Waals surface area contributed by atoms with Crippen LogP contribution in [-0.2, 0) is 11.5 Å². The van der Waals surface area contributed by atoms with Crippen molar-refractivity contribution in [2.75, 3.05) is 11.1 Å². The number of anilines is 2. The molecule has 0 heterocycles. The molecule has 0 radical (unpaired) electrons. The maximum Gasteiger partial charge on any atom is 0.337 e. The predicted molar refractivity (Wildman–Crippen MR) is 56.9 cm³/mol. The molecule has 1 aromatic carbocycles. The highest BCUT2D eigenvalue weighted by Crippen LogP contribution is 2.26. The molecule has 0 aliphatic rings. The molecule has 0 aliphatic heterocycles. The molecule has 1 amide bonds. The van der Waals surface area contributed by atoms with Crippen molar-refractivity contribution < 1.29 is 19.1 Å². The number of alkyl halides is 1. The fourth-order valence-electron chi connectivity index (χ4n) is 1.29. The molecular weight excluding hydrogens is 215 g/mol. The maximum absolute atomic E-state index is 12.4. The monoisotopic (exact) mass is 226 g/mol. The van der Waals surface area contributed by atoms with Gasteiger partial charge in [-0.1, -0.05) is 0 Å². The molecule has 0 fully saturated rings. The van der Waals surface area contributed by atoms with E-state index in [9.17, 15) is 14.0 Å². The smallest absolute Gasteiger partial charge is 0.337 e. The van der Waals surface area contributed by atoms with Gasteiger partial charge in [0.1, 0.15) is 6.67 Å². The Hall–Kier alpha value is -2.11. The molecule has 0 saturated heterocycles. The van der Waals surface area contributed by atoms with Gasteiger partial charge in [-0.3, -0.25) is 4.79 Å². The van der Waals surface area contributed by atoms with E-state index in [0.29, 0.717) is 0 Å². The quantitative estimate of drug-likeness (QED) is 0.679. The third-order valence-electron chi connectivity index (χ3n) is 1.91. The zero-order valence-electron chi connectivity index (χ0n) is 8.58. The van der Waals surface area contributed by atoms with Crippen LogP contribution in [0, 0.1) is 0 Å². The molecule has 5 nitrogen and oxygen atoms in total. The summed E-state index contributed by atoms with van der Waals surface area (Å²) in [5.74, 6) is -1.71. The second-order valence-electron chi connectivity index (χ2n) is 3.23. The number of nitrogen functional groups attached to an aromatic ring is 1. The lowest BCUT2D eigenvalue weighted by Crippen LogP contribution is -2.13. The second kappa shape index (κ2) is 4.61. The molecule has 6 heteroatoms. The normalized spacial score (nSPS) is 9.88. The Morgan fingerprint density at radius 1 is 1.50 bits per heavy atom. The number of carbonyl (C=O) groups is 2. The van der Waals surface area contributed by atoms with Crippen molar-refractivity contribution in [3.05, 3.63) is 23.3 Å². The first-order valence-electron chi connectivity index (χ1n) is 4.45. The van der Waals surface area contributed by atoms with Crippen LogP contribution in [-0.4, -0.2) is 17.0 Å². The molecule has 0 spiro atoms. The van der Waals surface area contributed by atoms with Gasteiger partial charge in [0.2, 0.25) is 5.91 Å². The molecule has 16 heavy (non-hydrogen) atoms. The average molecular weight is 226 g/mol. The molecule has 0 aliphatic carbocycles. The third kappa shape index (κ3) is 2.47. The first kappa shape index (κ1) is 12.0. The van der Waals surface area contributed by atoms with Gasteiger partial charge in [0.25, 0.3) is 0 Å². The predicted octanol–water partition coefficient (Wildman–Crippen LogP) is 1.39. The number of hydrogen-bond acceptors (Lipinski definition) is 3. The SMILES string of the molecule is CC(=O)Nc1c(N)cc(CF)cc1C(=O)O. The Morgan fingerprint density at radius 2 is 2.12 bits per heavy atom. The van der Waals surface area contributed by atoms with Gasteiger partial charge < -0.3 is 16.2 Å². The lowest BCUT2D eigenvalue weighted by molar-refractivity contribution is -0.114. The van der Waals surface area contributed by atoms with Crippen LogP contribution >= 0.6 is 0 Å². The van der Waals surface area contributed by atoms with Crippen LogP contribution in [0.2, 0.25) is 0 Å². The molecule has 0 saturated carbocycles. The van der Waals surface area contributed by atoms with E-state index in [4.69, 9.17) is 10.8 Å². The zero-order chi connectivity index (χ0) is 12.3. The number of carbonyl (C=O) groups excluding carboxylic acids is 1. The van der Waals surface area contributed by atoms with Crippen molar-refractivity contribution in [3.8, 4) is 0 Å². The Labute approximate surface area is 91.1 Å².